The average molecular weight is 343 g/mol. The molecule has 0 amide bonds. The lowest BCUT2D eigenvalue weighted by Crippen LogP contribution is -2.18. The van der Waals surface area contributed by atoms with E-state index in [-0.39, 0.29) is 17.0 Å². The molecule has 0 aliphatic heterocycles. The second-order valence-corrected chi connectivity index (χ2v) is 6.77. The van der Waals surface area contributed by atoms with Crippen molar-refractivity contribution in [2.75, 3.05) is 5.75 Å². The molecule has 1 N–H and O–H groups in total. The third kappa shape index (κ3) is 3.82. The maximum atomic E-state index is 12.5. The first-order valence-electron chi connectivity index (χ1n) is 6.65. The van der Waals surface area contributed by atoms with Crippen LogP contribution >= 0.6 is 35.0 Å². The highest BCUT2D eigenvalue weighted by Gasteiger charge is 2.31. The van der Waals surface area contributed by atoms with Gasteiger partial charge in [0.15, 0.2) is 5.12 Å². The van der Waals surface area contributed by atoms with Crippen molar-refractivity contribution in [3.8, 4) is 0 Å². The van der Waals surface area contributed by atoms with E-state index in [1.807, 2.05) is 19.9 Å². The van der Waals surface area contributed by atoms with Crippen LogP contribution in [0.5, 0.6) is 0 Å². The molecule has 1 aromatic heterocycles. The number of H-pyrrole nitrogens is 1. The Bertz CT molecular complexity index is 616. The second kappa shape index (κ2) is 7.34. The van der Waals surface area contributed by atoms with Crippen LogP contribution in [0.3, 0.4) is 0 Å². The van der Waals surface area contributed by atoms with E-state index in [4.69, 9.17) is 23.2 Å². The molecule has 112 valence electrons. The molecule has 0 saturated heterocycles. The molecule has 1 aromatic carbocycles. The number of halogens is 2. The zero-order valence-corrected chi connectivity index (χ0v) is 14.1. The highest BCUT2D eigenvalue weighted by Crippen LogP contribution is 2.38. The number of nitrogens with one attached hydrogen (secondary N) is 1. The van der Waals surface area contributed by atoms with Crippen LogP contribution in [0.1, 0.15) is 37.1 Å². The van der Waals surface area contributed by atoms with Gasteiger partial charge in [0.05, 0.1) is 5.92 Å². The SMILES string of the molecule is CCSC(=O)C(c1ncc[nH]1)C(C)c1ccc(Cl)cc1Cl. The normalized spacial score (nSPS) is 13.9. The number of carbonyl (C=O) groups excluding carboxylic acids is 1. The number of thioether (sulfide) groups is 1. The van der Waals surface area contributed by atoms with Gasteiger partial charge in [-0.25, -0.2) is 4.98 Å². The van der Waals surface area contributed by atoms with Gasteiger partial charge in [-0.3, -0.25) is 4.79 Å². The number of aromatic amines is 1. The van der Waals surface area contributed by atoms with Crippen LogP contribution in [0.15, 0.2) is 30.6 Å². The second-order valence-electron chi connectivity index (χ2n) is 4.66. The van der Waals surface area contributed by atoms with E-state index in [9.17, 15) is 4.79 Å². The van der Waals surface area contributed by atoms with E-state index in [0.717, 1.165) is 11.3 Å². The summed E-state index contributed by atoms with van der Waals surface area (Å²) < 4.78 is 0. The van der Waals surface area contributed by atoms with Gasteiger partial charge >= 0.3 is 0 Å². The van der Waals surface area contributed by atoms with Gasteiger partial charge < -0.3 is 4.98 Å². The van der Waals surface area contributed by atoms with Crippen molar-refractivity contribution in [2.24, 2.45) is 0 Å². The van der Waals surface area contributed by atoms with Crippen LogP contribution in [-0.4, -0.2) is 20.8 Å². The van der Waals surface area contributed by atoms with Gasteiger partial charge in [0.1, 0.15) is 5.82 Å². The Hall–Kier alpha value is -0.970. The first-order chi connectivity index (χ1) is 10.0. The number of aromatic nitrogens is 2. The van der Waals surface area contributed by atoms with Gasteiger partial charge in [0.2, 0.25) is 0 Å². The summed E-state index contributed by atoms with van der Waals surface area (Å²) in [5, 5.41) is 1.24. The Morgan fingerprint density at radius 1 is 1.43 bits per heavy atom. The molecule has 3 nitrogen and oxygen atoms in total. The first kappa shape index (κ1) is 16.4. The number of hydrogen-bond donors (Lipinski definition) is 1. The number of carbonyl (C=O) groups is 1. The van der Waals surface area contributed by atoms with Crippen molar-refractivity contribution < 1.29 is 4.79 Å². The van der Waals surface area contributed by atoms with E-state index in [1.165, 1.54) is 11.8 Å². The van der Waals surface area contributed by atoms with Crippen LogP contribution in [0.4, 0.5) is 0 Å². The number of nitrogens with zero attached hydrogens (tertiary/aromatic N) is 1. The van der Waals surface area contributed by atoms with Crippen molar-refractivity contribution >= 4 is 40.1 Å². The van der Waals surface area contributed by atoms with Gasteiger partial charge in [0, 0.05) is 28.4 Å². The molecule has 2 unspecified atom stereocenters. The maximum Gasteiger partial charge on any atom is 0.200 e. The molecular weight excluding hydrogens is 327 g/mol. The molecule has 0 saturated carbocycles. The number of rotatable bonds is 5. The van der Waals surface area contributed by atoms with Gasteiger partial charge in [-0.05, 0) is 23.4 Å². The number of hydrogen-bond acceptors (Lipinski definition) is 3. The summed E-state index contributed by atoms with van der Waals surface area (Å²) in [4.78, 5) is 19.8. The van der Waals surface area contributed by atoms with Crippen molar-refractivity contribution in [3.63, 3.8) is 0 Å². The van der Waals surface area contributed by atoms with E-state index in [2.05, 4.69) is 9.97 Å². The third-order valence-corrected chi connectivity index (χ3v) is 4.70. The zero-order chi connectivity index (χ0) is 15.4. The minimum absolute atomic E-state index is 0.0889. The summed E-state index contributed by atoms with van der Waals surface area (Å²) >= 11 is 13.5. The van der Waals surface area contributed by atoms with Crippen molar-refractivity contribution in [3.05, 3.63) is 52.0 Å². The quantitative estimate of drug-likeness (QED) is 0.841. The van der Waals surface area contributed by atoms with E-state index >= 15 is 0 Å². The van der Waals surface area contributed by atoms with E-state index < -0.39 is 0 Å². The summed E-state index contributed by atoms with van der Waals surface area (Å²) in [5.74, 6) is 0.951. The Morgan fingerprint density at radius 3 is 2.76 bits per heavy atom. The lowest BCUT2D eigenvalue weighted by Gasteiger charge is -2.22. The van der Waals surface area contributed by atoms with Crippen molar-refractivity contribution in [2.45, 2.75) is 25.7 Å². The Morgan fingerprint density at radius 2 is 2.19 bits per heavy atom. The Labute approximate surface area is 138 Å². The predicted molar refractivity (Wildman–Crippen MR) is 89.3 cm³/mol. The third-order valence-electron chi connectivity index (χ3n) is 3.31. The van der Waals surface area contributed by atoms with Gasteiger partial charge in [-0.2, -0.15) is 0 Å². The summed E-state index contributed by atoms with van der Waals surface area (Å²) in [7, 11) is 0. The van der Waals surface area contributed by atoms with E-state index in [0.29, 0.717) is 15.9 Å². The number of benzene rings is 1. The zero-order valence-electron chi connectivity index (χ0n) is 11.8. The topological polar surface area (TPSA) is 45.8 Å². The molecule has 2 aromatic rings. The largest absolute Gasteiger partial charge is 0.348 e. The molecule has 0 spiro atoms. The fourth-order valence-electron chi connectivity index (χ4n) is 2.28. The molecule has 0 radical (unpaired) electrons. The van der Waals surface area contributed by atoms with Gasteiger partial charge in [-0.1, -0.05) is 54.9 Å². The Kier molecular flexibility index (Phi) is 5.73. The highest BCUT2D eigenvalue weighted by molar-refractivity contribution is 8.13. The van der Waals surface area contributed by atoms with Crippen LogP contribution in [0.2, 0.25) is 10.0 Å². The standard InChI is InChI=1S/C15H16Cl2N2OS/c1-3-21-15(20)13(14-18-6-7-19-14)9(2)11-5-4-10(16)8-12(11)17/h4-9,13H,3H2,1-2H3,(H,18,19). The minimum atomic E-state index is -0.358. The summed E-state index contributed by atoms with van der Waals surface area (Å²) in [5.41, 5.74) is 0.896. The van der Waals surface area contributed by atoms with E-state index in [1.54, 1.807) is 24.5 Å². The van der Waals surface area contributed by atoms with Gasteiger partial charge in [-0.15, -0.1) is 0 Å². The summed E-state index contributed by atoms with van der Waals surface area (Å²) in [6, 6.07) is 5.36. The monoisotopic (exact) mass is 342 g/mol. The molecule has 1 heterocycles. The fraction of sp³-hybridized carbons (Fsp3) is 0.333. The molecule has 2 rings (SSSR count). The van der Waals surface area contributed by atoms with Crippen LogP contribution < -0.4 is 0 Å². The maximum absolute atomic E-state index is 12.5. The Balaban J connectivity index is 2.38. The fourth-order valence-corrected chi connectivity index (χ4v) is 3.64. The highest BCUT2D eigenvalue weighted by atomic mass is 35.5. The smallest absolute Gasteiger partial charge is 0.200 e. The summed E-state index contributed by atoms with van der Waals surface area (Å²) in [6.45, 7) is 3.94. The molecule has 0 fully saturated rings. The molecule has 21 heavy (non-hydrogen) atoms. The number of imidazole rings is 1. The van der Waals surface area contributed by atoms with Crippen LogP contribution in [-0.2, 0) is 4.79 Å². The lowest BCUT2D eigenvalue weighted by molar-refractivity contribution is -0.112. The van der Waals surface area contributed by atoms with Crippen LogP contribution in [0, 0.1) is 0 Å². The molecule has 0 aliphatic carbocycles. The molecular formula is C15H16Cl2N2OS. The average Bonchev–Trinajstić information content (AvgIpc) is 2.92. The predicted octanol–water partition coefficient (Wildman–Crippen LogP) is 4.88. The van der Waals surface area contributed by atoms with Crippen molar-refractivity contribution in [1.82, 2.24) is 9.97 Å². The lowest BCUT2D eigenvalue weighted by atomic mass is 9.87. The van der Waals surface area contributed by atoms with Gasteiger partial charge in [0.25, 0.3) is 0 Å². The first-order valence-corrected chi connectivity index (χ1v) is 8.39. The molecule has 0 bridgehead atoms. The van der Waals surface area contributed by atoms with Crippen molar-refractivity contribution in [1.29, 1.82) is 0 Å². The summed E-state index contributed by atoms with van der Waals surface area (Å²) in [6.07, 6.45) is 3.38. The molecule has 2 atom stereocenters. The van der Waals surface area contributed by atoms with Crippen LogP contribution in [0.25, 0.3) is 0 Å². The molecule has 0 aliphatic rings. The molecule has 6 heteroatoms. The minimum Gasteiger partial charge on any atom is -0.348 e.